The van der Waals surface area contributed by atoms with Crippen molar-refractivity contribution in [2.24, 2.45) is 0 Å². The van der Waals surface area contributed by atoms with Gasteiger partial charge in [-0.15, -0.1) is 0 Å². The van der Waals surface area contributed by atoms with E-state index in [1.54, 1.807) is 24.3 Å². The van der Waals surface area contributed by atoms with Crippen LogP contribution in [0.15, 0.2) is 42.5 Å². The number of hydrogen-bond donors (Lipinski definition) is 1. The summed E-state index contributed by atoms with van der Waals surface area (Å²) in [4.78, 5) is 33.9. The zero-order valence-corrected chi connectivity index (χ0v) is 14.9. The highest BCUT2D eigenvalue weighted by Crippen LogP contribution is 2.21. The Bertz CT molecular complexity index is 842. The van der Waals surface area contributed by atoms with Crippen LogP contribution in [0.4, 0.5) is 5.69 Å². The first-order chi connectivity index (χ1) is 12.4. The number of carbonyl (C=O) groups excluding carboxylic acids is 2. The summed E-state index contributed by atoms with van der Waals surface area (Å²) >= 11 is 11.8. The molecule has 0 bridgehead atoms. The third-order valence-electron chi connectivity index (χ3n) is 3.38. The topological polar surface area (TPSA) is 98.5 Å². The quantitative estimate of drug-likeness (QED) is 0.439. The summed E-state index contributed by atoms with van der Waals surface area (Å²) in [6.45, 7) is -0.346. The molecule has 7 nitrogen and oxygen atoms in total. The molecule has 0 fully saturated rings. The van der Waals surface area contributed by atoms with Crippen LogP contribution in [0.1, 0.15) is 11.1 Å². The first kappa shape index (κ1) is 19.7. The van der Waals surface area contributed by atoms with Gasteiger partial charge in [-0.2, -0.15) is 0 Å². The molecule has 0 saturated carbocycles. The van der Waals surface area contributed by atoms with E-state index in [0.29, 0.717) is 15.6 Å². The lowest BCUT2D eigenvalue weighted by Crippen LogP contribution is -2.28. The first-order valence-electron chi connectivity index (χ1n) is 7.45. The number of nitro groups is 1. The SMILES string of the molecule is O=C(COC(=O)Cc1ccccc1[N+](=O)[O-])NCc1ccc(Cl)cc1Cl. The Balaban J connectivity index is 1.82. The van der Waals surface area contributed by atoms with E-state index in [1.807, 2.05) is 0 Å². The zero-order chi connectivity index (χ0) is 19.1. The van der Waals surface area contributed by atoms with Crippen LogP contribution in [0.25, 0.3) is 0 Å². The molecule has 0 atom stereocenters. The Hall–Kier alpha value is -2.64. The average Bonchev–Trinajstić information content (AvgIpc) is 2.59. The van der Waals surface area contributed by atoms with Crippen LogP contribution in [-0.4, -0.2) is 23.4 Å². The van der Waals surface area contributed by atoms with Crippen LogP contribution in [-0.2, 0) is 27.3 Å². The molecule has 0 unspecified atom stereocenters. The van der Waals surface area contributed by atoms with E-state index in [0.717, 1.165) is 0 Å². The van der Waals surface area contributed by atoms with E-state index in [4.69, 9.17) is 27.9 Å². The number of carbonyl (C=O) groups is 2. The highest BCUT2D eigenvalue weighted by molar-refractivity contribution is 6.35. The molecule has 1 N–H and O–H groups in total. The van der Waals surface area contributed by atoms with E-state index in [-0.39, 0.29) is 24.2 Å². The number of benzene rings is 2. The Kier molecular flexibility index (Phi) is 6.94. The number of para-hydroxylation sites is 1. The van der Waals surface area contributed by atoms with Crippen LogP contribution < -0.4 is 5.32 Å². The maximum Gasteiger partial charge on any atom is 0.311 e. The van der Waals surface area contributed by atoms with Crippen LogP contribution in [0.2, 0.25) is 10.0 Å². The second-order valence-corrected chi connectivity index (χ2v) is 6.08. The number of hydrogen-bond acceptors (Lipinski definition) is 5. The van der Waals surface area contributed by atoms with Crippen LogP contribution in [0.3, 0.4) is 0 Å². The highest BCUT2D eigenvalue weighted by Gasteiger charge is 2.17. The van der Waals surface area contributed by atoms with E-state index >= 15 is 0 Å². The van der Waals surface area contributed by atoms with Crippen molar-refractivity contribution >= 4 is 40.8 Å². The summed E-state index contributed by atoms with van der Waals surface area (Å²) in [7, 11) is 0. The van der Waals surface area contributed by atoms with Gasteiger partial charge in [0, 0.05) is 28.2 Å². The van der Waals surface area contributed by atoms with Crippen LogP contribution >= 0.6 is 23.2 Å². The molecule has 0 spiro atoms. The number of rotatable bonds is 7. The molecule has 0 aliphatic carbocycles. The van der Waals surface area contributed by atoms with Crippen molar-refractivity contribution in [1.82, 2.24) is 5.32 Å². The van der Waals surface area contributed by atoms with Gasteiger partial charge in [0.05, 0.1) is 11.3 Å². The van der Waals surface area contributed by atoms with Crippen molar-refractivity contribution in [2.75, 3.05) is 6.61 Å². The molecule has 2 rings (SSSR count). The molecule has 1 amide bonds. The van der Waals surface area contributed by atoms with Crippen molar-refractivity contribution in [3.8, 4) is 0 Å². The van der Waals surface area contributed by atoms with E-state index in [2.05, 4.69) is 5.32 Å². The number of nitrogens with zero attached hydrogens (tertiary/aromatic N) is 1. The molecular weight excluding hydrogens is 383 g/mol. The molecule has 0 aliphatic heterocycles. The smallest absolute Gasteiger partial charge is 0.311 e. The lowest BCUT2D eigenvalue weighted by Gasteiger charge is -2.08. The monoisotopic (exact) mass is 396 g/mol. The van der Waals surface area contributed by atoms with Gasteiger partial charge in [-0.05, 0) is 17.7 Å². The summed E-state index contributed by atoms with van der Waals surface area (Å²) in [5, 5.41) is 14.4. The van der Waals surface area contributed by atoms with Crippen LogP contribution in [0.5, 0.6) is 0 Å². The Morgan fingerprint density at radius 2 is 1.85 bits per heavy atom. The van der Waals surface area contributed by atoms with Gasteiger partial charge >= 0.3 is 5.97 Å². The van der Waals surface area contributed by atoms with Crippen molar-refractivity contribution in [1.29, 1.82) is 0 Å². The molecule has 0 aliphatic rings. The second-order valence-electron chi connectivity index (χ2n) is 5.24. The Morgan fingerprint density at radius 1 is 1.12 bits per heavy atom. The van der Waals surface area contributed by atoms with Gasteiger partial charge in [-0.1, -0.05) is 47.5 Å². The Morgan fingerprint density at radius 3 is 2.54 bits per heavy atom. The van der Waals surface area contributed by atoms with Gasteiger partial charge in [0.15, 0.2) is 6.61 Å². The number of ether oxygens (including phenoxy) is 1. The molecule has 0 aromatic heterocycles. The highest BCUT2D eigenvalue weighted by atomic mass is 35.5. The van der Waals surface area contributed by atoms with Gasteiger partial charge in [0.2, 0.25) is 0 Å². The molecule has 2 aromatic rings. The molecule has 136 valence electrons. The van der Waals surface area contributed by atoms with Gasteiger partial charge in [-0.3, -0.25) is 19.7 Å². The molecule has 0 heterocycles. The van der Waals surface area contributed by atoms with E-state index < -0.39 is 23.4 Å². The standard InChI is InChI=1S/C17H14Cl2N2O5/c18-13-6-5-12(14(19)8-13)9-20-16(22)10-26-17(23)7-11-3-1-2-4-15(11)21(24)25/h1-6,8H,7,9-10H2,(H,20,22). The van der Waals surface area contributed by atoms with Gasteiger partial charge in [0.25, 0.3) is 11.6 Å². The maximum atomic E-state index is 11.8. The molecule has 26 heavy (non-hydrogen) atoms. The molecule has 2 aromatic carbocycles. The first-order valence-corrected chi connectivity index (χ1v) is 8.21. The van der Waals surface area contributed by atoms with Gasteiger partial charge < -0.3 is 10.1 Å². The number of nitro benzene ring substituents is 1. The van der Waals surface area contributed by atoms with Crippen molar-refractivity contribution in [3.63, 3.8) is 0 Å². The average molecular weight is 397 g/mol. The predicted molar refractivity (Wildman–Crippen MR) is 96.1 cm³/mol. The summed E-state index contributed by atoms with van der Waals surface area (Å²) in [6, 6.07) is 10.7. The van der Waals surface area contributed by atoms with Gasteiger partial charge in [0.1, 0.15) is 0 Å². The minimum atomic E-state index is -0.737. The van der Waals surface area contributed by atoms with Crippen molar-refractivity contribution in [3.05, 3.63) is 73.8 Å². The second kappa shape index (κ2) is 9.17. The third kappa shape index (κ3) is 5.72. The lowest BCUT2D eigenvalue weighted by molar-refractivity contribution is -0.385. The predicted octanol–water partition coefficient (Wildman–Crippen LogP) is 3.30. The zero-order valence-electron chi connectivity index (χ0n) is 13.4. The number of esters is 1. The molecule has 0 saturated heterocycles. The van der Waals surface area contributed by atoms with E-state index in [1.165, 1.54) is 18.2 Å². The normalized spacial score (nSPS) is 10.2. The number of nitrogens with one attached hydrogen (secondary N) is 1. The lowest BCUT2D eigenvalue weighted by atomic mass is 10.1. The number of halogens is 2. The Labute approximate surface area is 159 Å². The molecule has 9 heteroatoms. The third-order valence-corrected chi connectivity index (χ3v) is 3.97. The fourth-order valence-electron chi connectivity index (χ4n) is 2.10. The van der Waals surface area contributed by atoms with Gasteiger partial charge in [-0.25, -0.2) is 0 Å². The largest absolute Gasteiger partial charge is 0.455 e. The minimum Gasteiger partial charge on any atom is -0.455 e. The van der Waals surface area contributed by atoms with Crippen molar-refractivity contribution in [2.45, 2.75) is 13.0 Å². The van der Waals surface area contributed by atoms with Crippen molar-refractivity contribution < 1.29 is 19.2 Å². The summed E-state index contributed by atoms with van der Waals surface area (Å²) < 4.78 is 4.85. The maximum absolute atomic E-state index is 11.8. The van der Waals surface area contributed by atoms with E-state index in [9.17, 15) is 19.7 Å². The summed E-state index contributed by atoms with van der Waals surface area (Å²) in [5.41, 5.74) is 0.706. The summed E-state index contributed by atoms with van der Waals surface area (Å²) in [5.74, 6) is -1.26. The fourth-order valence-corrected chi connectivity index (χ4v) is 2.58. The fraction of sp³-hybridized carbons (Fsp3) is 0.176. The van der Waals surface area contributed by atoms with Crippen LogP contribution in [0, 0.1) is 10.1 Å². The molecular formula is C17H14Cl2N2O5. The number of amides is 1. The minimum absolute atomic E-state index is 0.149. The summed E-state index contributed by atoms with van der Waals surface area (Å²) in [6.07, 6.45) is -0.298. The molecule has 0 radical (unpaired) electrons.